The van der Waals surface area contributed by atoms with Crippen LogP contribution in [-0.2, 0) is 19.1 Å². The van der Waals surface area contributed by atoms with Gasteiger partial charge in [-0.15, -0.1) is 13.2 Å². The fraction of sp³-hybridized carbons (Fsp3) is 0.552. The van der Waals surface area contributed by atoms with Crippen LogP contribution in [0.25, 0.3) is 0 Å². The number of likely N-dealkylation sites (N-methyl/N-ethyl adjacent to an activating group) is 1. The molecule has 1 aromatic carbocycles. The number of halogens is 1. The largest absolute Gasteiger partial charge is 0.396 e. The number of rotatable bonds is 10. The van der Waals surface area contributed by atoms with E-state index in [1.807, 2.05) is 32.9 Å². The molecule has 1 spiro atoms. The normalized spacial score (nSPS) is 31.3. The molecule has 9 heteroatoms. The van der Waals surface area contributed by atoms with Gasteiger partial charge in [-0.05, 0) is 44.2 Å². The topological polar surface area (TPSA) is 90.4 Å². The smallest absolute Gasteiger partial charge is 0.253 e. The lowest BCUT2D eigenvalue weighted by atomic mass is 9.62. The van der Waals surface area contributed by atoms with E-state index in [2.05, 4.69) is 13.2 Å². The number of nitrogens with zero attached hydrogens (tertiary/aromatic N) is 3. The first kappa shape index (κ1) is 28.3. The molecule has 3 amide bonds. The van der Waals surface area contributed by atoms with Gasteiger partial charge in [-0.1, -0.05) is 42.8 Å². The van der Waals surface area contributed by atoms with Crippen LogP contribution in [0.3, 0.4) is 0 Å². The number of anilines is 1. The van der Waals surface area contributed by atoms with Crippen LogP contribution in [0.5, 0.6) is 0 Å². The van der Waals surface area contributed by atoms with Crippen molar-refractivity contribution in [3.05, 3.63) is 54.1 Å². The van der Waals surface area contributed by atoms with Gasteiger partial charge in [0.1, 0.15) is 11.6 Å². The van der Waals surface area contributed by atoms with E-state index < -0.39 is 29.1 Å². The van der Waals surface area contributed by atoms with Gasteiger partial charge in [0.25, 0.3) is 5.91 Å². The number of aliphatic hydroxyl groups excluding tert-OH is 1. The predicted molar refractivity (Wildman–Crippen MR) is 147 cm³/mol. The minimum atomic E-state index is -1.18. The SMILES string of the molecule is C=CCN(C)C(=O)[C@@H]1[C@H]2C(=O)N(CCCO)C(C(=O)N(CC=C)c3c(C)cccc3Cl)C23CC(C)[C@@]1(C)O3. The number of aryl methyl sites for hydroxylation is 1. The molecule has 206 valence electrons. The molecular formula is C29H38ClN3O5. The second-order valence-electron chi connectivity index (χ2n) is 11.0. The average Bonchev–Trinajstić information content (AvgIpc) is 3.37. The maximum atomic E-state index is 14.6. The first-order valence-corrected chi connectivity index (χ1v) is 13.5. The highest BCUT2D eigenvalue weighted by atomic mass is 35.5. The highest BCUT2D eigenvalue weighted by Crippen LogP contribution is 2.65. The molecule has 3 aliphatic rings. The van der Waals surface area contributed by atoms with Crippen molar-refractivity contribution in [2.24, 2.45) is 17.8 Å². The minimum Gasteiger partial charge on any atom is -0.396 e. The molecule has 3 fully saturated rings. The molecule has 1 aromatic rings. The van der Waals surface area contributed by atoms with Gasteiger partial charge in [0.2, 0.25) is 11.8 Å². The van der Waals surface area contributed by atoms with Gasteiger partial charge in [-0.2, -0.15) is 0 Å². The fourth-order valence-corrected chi connectivity index (χ4v) is 7.25. The summed E-state index contributed by atoms with van der Waals surface area (Å²) in [5.41, 5.74) is -0.720. The number of carbonyl (C=O) groups is 3. The Balaban J connectivity index is 1.86. The summed E-state index contributed by atoms with van der Waals surface area (Å²) in [6, 6.07) is 4.44. The Kier molecular flexibility index (Phi) is 7.81. The van der Waals surface area contributed by atoms with Crippen LogP contribution in [-0.4, -0.2) is 83.2 Å². The van der Waals surface area contributed by atoms with Gasteiger partial charge in [-0.3, -0.25) is 14.4 Å². The summed E-state index contributed by atoms with van der Waals surface area (Å²) in [4.78, 5) is 47.1. The fourth-order valence-electron chi connectivity index (χ4n) is 6.93. The van der Waals surface area contributed by atoms with E-state index in [9.17, 15) is 19.5 Å². The van der Waals surface area contributed by atoms with E-state index in [0.29, 0.717) is 30.1 Å². The number of aliphatic hydroxyl groups is 1. The molecule has 2 bridgehead atoms. The molecule has 1 N–H and O–H groups in total. The summed E-state index contributed by atoms with van der Waals surface area (Å²) in [6.07, 6.45) is 4.03. The summed E-state index contributed by atoms with van der Waals surface area (Å²) < 4.78 is 6.78. The van der Waals surface area contributed by atoms with Crippen molar-refractivity contribution >= 4 is 35.0 Å². The third-order valence-electron chi connectivity index (χ3n) is 8.69. The Morgan fingerprint density at radius 3 is 2.55 bits per heavy atom. The van der Waals surface area contributed by atoms with Gasteiger partial charge in [0, 0.05) is 33.3 Å². The second-order valence-corrected chi connectivity index (χ2v) is 11.4. The Bertz CT molecular complexity index is 1140. The second kappa shape index (κ2) is 10.5. The highest BCUT2D eigenvalue weighted by molar-refractivity contribution is 6.34. The molecule has 0 saturated carbocycles. The van der Waals surface area contributed by atoms with E-state index in [1.165, 1.54) is 4.90 Å². The standard InChI is InChI=1S/C29H38ClN3O5/c1-7-13-31(6)25(35)21-22-26(36)33(15-10-16-34)24(29(22)17-19(4)28(21,5)38-29)27(37)32(14-8-2)23-18(3)11-9-12-20(23)30/h7-9,11-12,19,21-22,24,34H,1-2,10,13-17H2,3-6H3/t19?,21-,22-,24?,28+,29?/m0/s1. The van der Waals surface area contributed by atoms with Crippen LogP contribution in [0.4, 0.5) is 5.69 Å². The summed E-state index contributed by atoms with van der Waals surface area (Å²) in [6.45, 7) is 13.9. The minimum absolute atomic E-state index is 0.0689. The first-order valence-electron chi connectivity index (χ1n) is 13.1. The van der Waals surface area contributed by atoms with Crippen molar-refractivity contribution in [2.45, 2.75) is 50.9 Å². The maximum Gasteiger partial charge on any atom is 0.253 e. The number of hydrogen-bond acceptors (Lipinski definition) is 5. The molecule has 3 aliphatic heterocycles. The molecule has 3 unspecified atom stereocenters. The van der Waals surface area contributed by atoms with Crippen LogP contribution in [0.2, 0.25) is 5.02 Å². The molecule has 0 aliphatic carbocycles. The highest BCUT2D eigenvalue weighted by Gasteiger charge is 2.80. The zero-order chi connectivity index (χ0) is 28.0. The van der Waals surface area contributed by atoms with Crippen molar-refractivity contribution in [3.63, 3.8) is 0 Å². The molecular weight excluding hydrogens is 506 g/mol. The molecule has 38 heavy (non-hydrogen) atoms. The lowest BCUT2D eigenvalue weighted by molar-refractivity contribution is -0.150. The summed E-state index contributed by atoms with van der Waals surface area (Å²) >= 11 is 6.59. The number of hydrogen-bond donors (Lipinski definition) is 1. The van der Waals surface area contributed by atoms with Crippen molar-refractivity contribution < 1.29 is 24.2 Å². The molecule has 6 atom stereocenters. The Labute approximate surface area is 229 Å². The van der Waals surface area contributed by atoms with Crippen molar-refractivity contribution in [1.82, 2.24) is 9.80 Å². The summed E-state index contributed by atoms with van der Waals surface area (Å²) in [5, 5.41) is 10.0. The third-order valence-corrected chi connectivity index (χ3v) is 8.99. The van der Waals surface area contributed by atoms with Gasteiger partial charge in [0.15, 0.2) is 0 Å². The molecule has 8 nitrogen and oxygen atoms in total. The Morgan fingerprint density at radius 2 is 1.95 bits per heavy atom. The molecule has 0 aromatic heterocycles. The van der Waals surface area contributed by atoms with E-state index in [4.69, 9.17) is 16.3 Å². The summed E-state index contributed by atoms with van der Waals surface area (Å²) in [7, 11) is 1.69. The number of fused-ring (bicyclic) bond motifs is 1. The van der Waals surface area contributed by atoms with E-state index in [-0.39, 0.29) is 43.3 Å². The lowest BCUT2D eigenvalue weighted by Crippen LogP contribution is -2.57. The number of benzene rings is 1. The van der Waals surface area contributed by atoms with Gasteiger partial charge < -0.3 is 24.5 Å². The van der Waals surface area contributed by atoms with Crippen molar-refractivity contribution in [1.29, 1.82) is 0 Å². The Hall–Kier alpha value is -2.68. The monoisotopic (exact) mass is 543 g/mol. The van der Waals surface area contributed by atoms with Gasteiger partial charge in [0.05, 0.1) is 28.1 Å². The third kappa shape index (κ3) is 4.08. The van der Waals surface area contributed by atoms with Crippen LogP contribution in [0.15, 0.2) is 43.5 Å². The van der Waals surface area contributed by atoms with Crippen molar-refractivity contribution in [2.75, 3.05) is 38.2 Å². The van der Waals surface area contributed by atoms with E-state index in [0.717, 1.165) is 5.56 Å². The van der Waals surface area contributed by atoms with Crippen LogP contribution < -0.4 is 4.90 Å². The van der Waals surface area contributed by atoms with Crippen molar-refractivity contribution in [3.8, 4) is 0 Å². The summed E-state index contributed by atoms with van der Waals surface area (Å²) in [5.74, 6) is -2.44. The lowest BCUT2D eigenvalue weighted by Gasteiger charge is -2.38. The van der Waals surface area contributed by atoms with Crippen LogP contribution in [0, 0.1) is 24.7 Å². The quantitative estimate of drug-likeness (QED) is 0.458. The van der Waals surface area contributed by atoms with Crippen LogP contribution in [0.1, 0.15) is 32.3 Å². The number of ether oxygens (including phenoxy) is 1. The maximum absolute atomic E-state index is 14.6. The van der Waals surface area contributed by atoms with Gasteiger partial charge in [-0.25, -0.2) is 0 Å². The van der Waals surface area contributed by atoms with Gasteiger partial charge >= 0.3 is 0 Å². The molecule has 3 heterocycles. The number of carbonyl (C=O) groups excluding carboxylic acids is 3. The van der Waals surface area contributed by atoms with E-state index >= 15 is 0 Å². The molecule has 4 rings (SSSR count). The molecule has 3 saturated heterocycles. The average molecular weight is 544 g/mol. The number of likely N-dealkylation sites (tertiary alicyclic amines) is 1. The molecule has 0 radical (unpaired) electrons. The van der Waals surface area contributed by atoms with Crippen LogP contribution >= 0.6 is 11.6 Å². The van der Waals surface area contributed by atoms with E-state index in [1.54, 1.807) is 35.1 Å². The number of para-hydroxylation sites is 1. The Morgan fingerprint density at radius 1 is 1.26 bits per heavy atom. The zero-order valence-corrected chi connectivity index (χ0v) is 23.4. The predicted octanol–water partition coefficient (Wildman–Crippen LogP) is 3.20. The first-order chi connectivity index (χ1) is 18.0. The zero-order valence-electron chi connectivity index (χ0n) is 22.7. The number of amides is 3.